The molecule has 0 radical (unpaired) electrons. The van der Waals surface area contributed by atoms with Gasteiger partial charge in [-0.3, -0.25) is 9.59 Å². The molecule has 6 heteroatoms. The second-order valence-corrected chi connectivity index (χ2v) is 5.48. The summed E-state index contributed by atoms with van der Waals surface area (Å²) in [6.45, 7) is 3.29. The summed E-state index contributed by atoms with van der Waals surface area (Å²) in [4.78, 5) is 25.4. The highest BCUT2D eigenvalue weighted by Crippen LogP contribution is 2.40. The molecule has 0 aromatic heterocycles. The van der Waals surface area contributed by atoms with E-state index in [-0.39, 0.29) is 33.8 Å². The molecule has 1 aliphatic heterocycles. The first-order valence-electron chi connectivity index (χ1n) is 6.94. The monoisotopic (exact) mass is 304 g/mol. The predicted molar refractivity (Wildman–Crippen MR) is 76.4 cm³/mol. The van der Waals surface area contributed by atoms with E-state index in [0.29, 0.717) is 0 Å². The molecule has 3 rings (SSSR count). The fourth-order valence-electron chi connectivity index (χ4n) is 3.06. The Labute approximate surface area is 127 Å². The van der Waals surface area contributed by atoms with Crippen molar-refractivity contribution in [2.45, 2.75) is 32.2 Å². The lowest BCUT2D eigenvalue weighted by atomic mass is 9.77. The quantitative estimate of drug-likeness (QED) is 0.811. The Kier molecular flexibility index (Phi) is 3.30. The summed E-state index contributed by atoms with van der Waals surface area (Å²) in [6.07, 6.45) is -2.39. The number of fused-ring (bicyclic) bond motifs is 1. The normalized spacial score (nSPS) is 27.5. The Morgan fingerprint density at radius 3 is 2.45 bits per heavy atom. The van der Waals surface area contributed by atoms with Crippen LogP contribution < -0.4 is 4.74 Å². The van der Waals surface area contributed by atoms with Gasteiger partial charge in [0.25, 0.3) is 0 Å². The van der Waals surface area contributed by atoms with Crippen LogP contribution in [-0.2, 0) is 4.74 Å². The van der Waals surface area contributed by atoms with Gasteiger partial charge in [-0.1, -0.05) is 0 Å². The average Bonchev–Trinajstić information content (AvgIpc) is 2.47. The molecule has 2 aliphatic rings. The number of carbonyl (C=O) groups excluding carboxylic acids is 2. The van der Waals surface area contributed by atoms with Crippen molar-refractivity contribution in [2.24, 2.45) is 0 Å². The second-order valence-electron chi connectivity index (χ2n) is 5.48. The number of rotatable bonds is 1. The molecule has 1 aliphatic carbocycles. The van der Waals surface area contributed by atoms with E-state index in [1.54, 1.807) is 13.8 Å². The third kappa shape index (κ3) is 1.88. The molecular formula is C16H16O6. The Morgan fingerprint density at radius 1 is 1.14 bits per heavy atom. The predicted octanol–water partition coefficient (Wildman–Crippen LogP) is 1.24. The van der Waals surface area contributed by atoms with Gasteiger partial charge >= 0.3 is 0 Å². The van der Waals surface area contributed by atoms with Crippen LogP contribution in [0.4, 0.5) is 0 Å². The summed E-state index contributed by atoms with van der Waals surface area (Å²) in [5, 5.41) is 20.3. The van der Waals surface area contributed by atoms with Crippen molar-refractivity contribution in [3.05, 3.63) is 34.4 Å². The van der Waals surface area contributed by atoms with Gasteiger partial charge in [-0.2, -0.15) is 0 Å². The fourth-order valence-corrected chi connectivity index (χ4v) is 3.06. The highest BCUT2D eigenvalue weighted by atomic mass is 16.5. The first kappa shape index (κ1) is 14.7. The molecule has 1 aromatic rings. The van der Waals surface area contributed by atoms with Crippen LogP contribution in [0, 0.1) is 0 Å². The van der Waals surface area contributed by atoms with Crippen molar-refractivity contribution >= 4 is 11.6 Å². The van der Waals surface area contributed by atoms with Crippen LogP contribution in [0.1, 0.15) is 34.6 Å². The molecule has 6 nitrogen and oxygen atoms in total. The summed E-state index contributed by atoms with van der Waals surface area (Å²) >= 11 is 0. The van der Waals surface area contributed by atoms with Crippen LogP contribution >= 0.6 is 0 Å². The zero-order valence-corrected chi connectivity index (χ0v) is 12.4. The van der Waals surface area contributed by atoms with Crippen LogP contribution in [0.15, 0.2) is 23.3 Å². The average molecular weight is 304 g/mol. The highest BCUT2D eigenvalue weighted by molar-refractivity contribution is 6.28. The topological polar surface area (TPSA) is 93.1 Å². The number of aliphatic hydroxyl groups is 1. The molecule has 0 unspecified atom stereocenters. The Morgan fingerprint density at radius 2 is 1.82 bits per heavy atom. The maximum Gasteiger partial charge on any atom is 0.196 e. The van der Waals surface area contributed by atoms with E-state index in [1.807, 2.05) is 0 Å². The van der Waals surface area contributed by atoms with Gasteiger partial charge in [0.15, 0.2) is 11.6 Å². The first-order valence-corrected chi connectivity index (χ1v) is 6.94. The number of Topliss-reactive ketones (excluding diaryl/α,β-unsaturated/α-hetero) is 2. The van der Waals surface area contributed by atoms with Gasteiger partial charge in [0.2, 0.25) is 0 Å². The molecule has 3 atom stereocenters. The van der Waals surface area contributed by atoms with Crippen molar-refractivity contribution < 1.29 is 29.3 Å². The molecule has 0 amide bonds. The number of ether oxygens (including phenoxy) is 2. The maximum atomic E-state index is 12.7. The number of ketones is 2. The second kappa shape index (κ2) is 4.93. The van der Waals surface area contributed by atoms with Crippen molar-refractivity contribution in [3.8, 4) is 11.5 Å². The van der Waals surface area contributed by atoms with Gasteiger partial charge in [0.1, 0.15) is 17.6 Å². The molecule has 0 fully saturated rings. The summed E-state index contributed by atoms with van der Waals surface area (Å²) in [5.74, 6) is -1.03. The van der Waals surface area contributed by atoms with Crippen LogP contribution in [-0.4, -0.2) is 47.2 Å². The number of aliphatic hydroxyl groups excluding tert-OH is 1. The van der Waals surface area contributed by atoms with E-state index in [0.717, 1.165) is 0 Å². The zero-order chi connectivity index (χ0) is 16.2. The molecule has 0 bridgehead atoms. The van der Waals surface area contributed by atoms with Crippen LogP contribution in [0.3, 0.4) is 0 Å². The Bertz CT molecular complexity index is 718. The number of phenols is 1. The summed E-state index contributed by atoms with van der Waals surface area (Å²) in [5.41, 5.74) is 0.141. The standard InChI is InChI=1S/C16H16O6/c1-6-11-13(14(18)7(2)22-6)15(19)9-4-8(21-3)5-10(17)12(9)16(11)20/h4-7,14,17-18H,1-3H3/t6-,7-,14-/m0/s1. The van der Waals surface area contributed by atoms with Gasteiger partial charge in [-0.15, -0.1) is 0 Å². The van der Waals surface area contributed by atoms with E-state index >= 15 is 0 Å². The zero-order valence-electron chi connectivity index (χ0n) is 12.4. The highest BCUT2D eigenvalue weighted by Gasteiger charge is 2.44. The summed E-state index contributed by atoms with van der Waals surface area (Å²) < 4.78 is 10.5. The largest absolute Gasteiger partial charge is 0.507 e. The number of benzene rings is 1. The van der Waals surface area contributed by atoms with Crippen molar-refractivity contribution in [1.29, 1.82) is 0 Å². The van der Waals surface area contributed by atoms with E-state index in [1.165, 1.54) is 19.2 Å². The molecular weight excluding hydrogens is 288 g/mol. The molecule has 0 saturated carbocycles. The van der Waals surface area contributed by atoms with E-state index in [9.17, 15) is 19.8 Å². The molecule has 1 aromatic carbocycles. The van der Waals surface area contributed by atoms with Gasteiger partial charge in [0.05, 0.1) is 24.9 Å². The smallest absolute Gasteiger partial charge is 0.196 e. The lowest BCUT2D eigenvalue weighted by molar-refractivity contribution is -0.0493. The summed E-state index contributed by atoms with van der Waals surface area (Å²) in [7, 11) is 1.40. The number of methoxy groups -OCH3 is 1. The first-order chi connectivity index (χ1) is 10.4. The fraction of sp³-hybridized carbons (Fsp3) is 0.375. The van der Waals surface area contributed by atoms with E-state index < -0.39 is 29.9 Å². The molecule has 116 valence electrons. The van der Waals surface area contributed by atoms with Gasteiger partial charge in [0, 0.05) is 22.8 Å². The number of phenolic OH excluding ortho intramolecular Hbond substituents is 1. The van der Waals surface area contributed by atoms with Gasteiger partial charge in [-0.05, 0) is 19.9 Å². The maximum absolute atomic E-state index is 12.7. The lowest BCUT2D eigenvalue weighted by Crippen LogP contribution is -2.45. The van der Waals surface area contributed by atoms with E-state index in [2.05, 4.69) is 0 Å². The minimum absolute atomic E-state index is 0.0425. The van der Waals surface area contributed by atoms with Gasteiger partial charge in [-0.25, -0.2) is 0 Å². The summed E-state index contributed by atoms with van der Waals surface area (Å²) in [6, 6.07) is 2.68. The van der Waals surface area contributed by atoms with Crippen LogP contribution in [0.2, 0.25) is 0 Å². The molecule has 22 heavy (non-hydrogen) atoms. The minimum Gasteiger partial charge on any atom is -0.507 e. The molecule has 2 N–H and O–H groups in total. The Hall–Kier alpha value is -2.18. The number of hydrogen-bond acceptors (Lipinski definition) is 6. The SMILES string of the molecule is COc1cc(O)c2c(c1)C(=O)C1=C(C2=O)[C@H](C)O[C@@H](C)[C@@H]1O. The third-order valence-electron chi connectivity index (χ3n) is 4.14. The lowest BCUT2D eigenvalue weighted by Gasteiger charge is -2.36. The molecule has 0 saturated heterocycles. The molecule has 1 heterocycles. The Balaban J connectivity index is 2.26. The van der Waals surface area contributed by atoms with Crippen molar-refractivity contribution in [2.75, 3.05) is 7.11 Å². The number of aromatic hydroxyl groups is 1. The van der Waals surface area contributed by atoms with Crippen molar-refractivity contribution in [1.82, 2.24) is 0 Å². The number of hydrogen-bond donors (Lipinski definition) is 2. The minimum atomic E-state index is -1.18. The third-order valence-corrected chi connectivity index (χ3v) is 4.14. The van der Waals surface area contributed by atoms with Crippen LogP contribution in [0.25, 0.3) is 0 Å². The van der Waals surface area contributed by atoms with Crippen molar-refractivity contribution in [3.63, 3.8) is 0 Å². The van der Waals surface area contributed by atoms with Crippen LogP contribution in [0.5, 0.6) is 11.5 Å². The van der Waals surface area contributed by atoms with Gasteiger partial charge < -0.3 is 19.7 Å². The van der Waals surface area contributed by atoms with E-state index in [4.69, 9.17) is 9.47 Å². The number of carbonyl (C=O) groups is 2. The molecule has 0 spiro atoms.